The topological polar surface area (TPSA) is 15.3 Å². The van der Waals surface area contributed by atoms with Gasteiger partial charge in [0.1, 0.15) is 0 Å². The van der Waals surface area contributed by atoms with Crippen LogP contribution in [0.3, 0.4) is 0 Å². The van der Waals surface area contributed by atoms with E-state index in [2.05, 4.69) is 37.9 Å². The van der Waals surface area contributed by atoms with Crippen LogP contribution in [-0.4, -0.2) is 36.6 Å². The van der Waals surface area contributed by atoms with Gasteiger partial charge in [-0.3, -0.25) is 4.90 Å². The number of rotatable bonds is 3. The Hall–Kier alpha value is -0.0800. The van der Waals surface area contributed by atoms with E-state index in [0.29, 0.717) is 6.04 Å². The zero-order chi connectivity index (χ0) is 13.8. The second-order valence-corrected chi connectivity index (χ2v) is 7.22. The summed E-state index contributed by atoms with van der Waals surface area (Å²) in [5.74, 6) is 2.66. The maximum Gasteiger partial charge on any atom is 0.0220 e. The third-order valence-corrected chi connectivity index (χ3v) is 5.88. The van der Waals surface area contributed by atoms with E-state index in [-0.39, 0.29) is 0 Å². The van der Waals surface area contributed by atoms with E-state index in [0.717, 1.165) is 23.8 Å². The number of hydrogen-bond acceptors (Lipinski definition) is 2. The molecule has 1 heterocycles. The van der Waals surface area contributed by atoms with Crippen LogP contribution in [0.5, 0.6) is 0 Å². The lowest BCUT2D eigenvalue weighted by atomic mass is 9.78. The second kappa shape index (κ2) is 7.08. The Morgan fingerprint density at radius 3 is 2.68 bits per heavy atom. The summed E-state index contributed by atoms with van der Waals surface area (Å²) >= 11 is 0. The lowest BCUT2D eigenvalue weighted by molar-refractivity contribution is 0.101. The average Bonchev–Trinajstić information content (AvgIpc) is 2.67. The van der Waals surface area contributed by atoms with Crippen molar-refractivity contribution in [2.24, 2.45) is 17.8 Å². The van der Waals surface area contributed by atoms with E-state index in [4.69, 9.17) is 0 Å². The van der Waals surface area contributed by atoms with E-state index < -0.39 is 0 Å². The van der Waals surface area contributed by atoms with Gasteiger partial charge in [0.15, 0.2) is 0 Å². The lowest BCUT2D eigenvalue weighted by Gasteiger charge is -2.40. The Morgan fingerprint density at radius 1 is 1.21 bits per heavy atom. The Labute approximate surface area is 120 Å². The normalized spacial score (nSPS) is 39.8. The predicted molar refractivity (Wildman–Crippen MR) is 83.4 cm³/mol. The van der Waals surface area contributed by atoms with E-state index in [1.807, 2.05) is 0 Å². The molecule has 5 atom stereocenters. The molecule has 5 unspecified atom stereocenters. The summed E-state index contributed by atoms with van der Waals surface area (Å²) in [6, 6.07) is 1.57. The van der Waals surface area contributed by atoms with Gasteiger partial charge in [0, 0.05) is 18.6 Å². The molecular weight excluding hydrogens is 232 g/mol. The van der Waals surface area contributed by atoms with Gasteiger partial charge in [-0.25, -0.2) is 0 Å². The van der Waals surface area contributed by atoms with Crippen LogP contribution in [0.15, 0.2) is 0 Å². The second-order valence-electron chi connectivity index (χ2n) is 7.22. The van der Waals surface area contributed by atoms with Crippen LogP contribution in [-0.2, 0) is 0 Å². The Kier molecular flexibility index (Phi) is 5.70. The number of nitrogens with one attached hydrogen (secondary N) is 1. The van der Waals surface area contributed by atoms with Crippen LogP contribution in [0.25, 0.3) is 0 Å². The molecule has 0 aromatic heterocycles. The summed E-state index contributed by atoms with van der Waals surface area (Å²) in [4.78, 5) is 2.82. The fraction of sp³-hybridized carbons (Fsp3) is 1.00. The summed E-state index contributed by atoms with van der Waals surface area (Å²) in [5.41, 5.74) is 0. The molecule has 1 aliphatic carbocycles. The fourth-order valence-electron chi connectivity index (χ4n) is 3.83. The van der Waals surface area contributed by atoms with Crippen molar-refractivity contribution in [3.05, 3.63) is 0 Å². The monoisotopic (exact) mass is 266 g/mol. The van der Waals surface area contributed by atoms with Crippen molar-refractivity contribution in [1.82, 2.24) is 10.2 Å². The van der Waals surface area contributed by atoms with Gasteiger partial charge in [-0.05, 0) is 56.5 Å². The fourth-order valence-corrected chi connectivity index (χ4v) is 3.83. The molecule has 2 heteroatoms. The molecule has 2 rings (SSSR count). The smallest absolute Gasteiger partial charge is 0.0220 e. The van der Waals surface area contributed by atoms with Crippen LogP contribution in [0, 0.1) is 17.8 Å². The highest BCUT2D eigenvalue weighted by atomic mass is 15.2. The zero-order valence-corrected chi connectivity index (χ0v) is 13.5. The molecule has 0 radical (unpaired) electrons. The highest BCUT2D eigenvalue weighted by molar-refractivity contribution is 4.87. The maximum atomic E-state index is 3.78. The first-order valence-corrected chi connectivity index (χ1v) is 8.59. The highest BCUT2D eigenvalue weighted by Gasteiger charge is 2.31. The van der Waals surface area contributed by atoms with Crippen molar-refractivity contribution in [3.63, 3.8) is 0 Å². The van der Waals surface area contributed by atoms with E-state index >= 15 is 0 Å². The van der Waals surface area contributed by atoms with Gasteiger partial charge in [0.25, 0.3) is 0 Å². The summed E-state index contributed by atoms with van der Waals surface area (Å²) in [6.07, 6.45) is 6.91. The van der Waals surface area contributed by atoms with Crippen LogP contribution >= 0.6 is 0 Å². The van der Waals surface area contributed by atoms with Gasteiger partial charge >= 0.3 is 0 Å². The van der Waals surface area contributed by atoms with Gasteiger partial charge in [0.2, 0.25) is 0 Å². The van der Waals surface area contributed by atoms with Crippen LogP contribution in [0.2, 0.25) is 0 Å². The van der Waals surface area contributed by atoms with Gasteiger partial charge in [0.05, 0.1) is 0 Å². The lowest BCUT2D eigenvalue weighted by Crippen LogP contribution is -2.47. The van der Waals surface area contributed by atoms with Crippen molar-refractivity contribution >= 4 is 0 Å². The van der Waals surface area contributed by atoms with Crippen molar-refractivity contribution in [2.45, 2.75) is 71.9 Å². The van der Waals surface area contributed by atoms with Crippen molar-refractivity contribution in [3.8, 4) is 0 Å². The largest absolute Gasteiger partial charge is 0.312 e. The Bertz CT molecular complexity index is 266. The molecular formula is C17H34N2. The minimum atomic E-state index is 0.710. The highest BCUT2D eigenvalue weighted by Crippen LogP contribution is 2.32. The molecule has 0 amide bonds. The predicted octanol–water partition coefficient (Wildman–Crippen LogP) is 3.52. The van der Waals surface area contributed by atoms with Gasteiger partial charge in [-0.15, -0.1) is 0 Å². The van der Waals surface area contributed by atoms with E-state index in [1.165, 1.54) is 51.7 Å². The molecule has 19 heavy (non-hydrogen) atoms. The zero-order valence-electron chi connectivity index (χ0n) is 13.5. The summed E-state index contributed by atoms with van der Waals surface area (Å²) in [6.45, 7) is 13.4. The quantitative estimate of drug-likeness (QED) is 0.841. The molecule has 0 aromatic carbocycles. The molecule has 2 fully saturated rings. The van der Waals surface area contributed by atoms with Crippen LogP contribution in [0.1, 0.15) is 59.8 Å². The van der Waals surface area contributed by atoms with Crippen molar-refractivity contribution in [1.29, 1.82) is 0 Å². The van der Waals surface area contributed by atoms with Gasteiger partial charge in [-0.2, -0.15) is 0 Å². The third kappa shape index (κ3) is 3.95. The van der Waals surface area contributed by atoms with E-state index in [1.54, 1.807) is 0 Å². The average molecular weight is 266 g/mol. The molecule has 2 aliphatic rings. The SMILES string of the molecule is CCC(C)C1CN(C2CCC(C)C(C)C2)CCCN1. The van der Waals surface area contributed by atoms with Crippen LogP contribution < -0.4 is 5.32 Å². The maximum absolute atomic E-state index is 3.78. The molecule has 2 nitrogen and oxygen atoms in total. The van der Waals surface area contributed by atoms with Gasteiger partial charge < -0.3 is 5.32 Å². The van der Waals surface area contributed by atoms with Gasteiger partial charge in [-0.1, -0.05) is 34.1 Å². The van der Waals surface area contributed by atoms with Crippen LogP contribution in [0.4, 0.5) is 0 Å². The summed E-state index contributed by atoms with van der Waals surface area (Å²) < 4.78 is 0. The molecule has 1 saturated heterocycles. The molecule has 112 valence electrons. The molecule has 0 bridgehead atoms. The molecule has 1 saturated carbocycles. The molecule has 0 aromatic rings. The minimum absolute atomic E-state index is 0.710. The first kappa shape index (κ1) is 15.3. The Balaban J connectivity index is 1.94. The Morgan fingerprint density at radius 2 is 2.00 bits per heavy atom. The van der Waals surface area contributed by atoms with Crippen molar-refractivity contribution in [2.75, 3.05) is 19.6 Å². The summed E-state index contributed by atoms with van der Waals surface area (Å²) in [7, 11) is 0. The molecule has 1 aliphatic heterocycles. The summed E-state index contributed by atoms with van der Waals surface area (Å²) in [5, 5.41) is 3.78. The third-order valence-electron chi connectivity index (χ3n) is 5.88. The molecule has 0 spiro atoms. The number of nitrogens with zero attached hydrogens (tertiary/aromatic N) is 1. The first-order chi connectivity index (χ1) is 9.11. The number of hydrogen-bond donors (Lipinski definition) is 1. The van der Waals surface area contributed by atoms with Crippen molar-refractivity contribution < 1.29 is 0 Å². The van der Waals surface area contributed by atoms with E-state index in [9.17, 15) is 0 Å². The minimum Gasteiger partial charge on any atom is -0.312 e. The first-order valence-electron chi connectivity index (χ1n) is 8.59. The standard InChI is InChI=1S/C17H34N2/c1-5-13(2)17-12-19(10-6-9-18-17)16-8-7-14(3)15(4)11-16/h13-18H,5-12H2,1-4H3. The molecule has 1 N–H and O–H groups in total.